The Morgan fingerprint density at radius 2 is 2.26 bits per heavy atom. The Labute approximate surface area is 115 Å². The van der Waals surface area contributed by atoms with Gasteiger partial charge in [0.2, 0.25) is 0 Å². The van der Waals surface area contributed by atoms with E-state index in [1.54, 1.807) is 7.11 Å². The van der Waals surface area contributed by atoms with E-state index in [0.717, 1.165) is 12.3 Å². The van der Waals surface area contributed by atoms with E-state index in [4.69, 9.17) is 10.5 Å². The summed E-state index contributed by atoms with van der Waals surface area (Å²) in [5, 5.41) is 0. The van der Waals surface area contributed by atoms with Crippen LogP contribution < -0.4 is 10.5 Å². The second-order valence-electron chi connectivity index (χ2n) is 5.86. The van der Waals surface area contributed by atoms with Crippen LogP contribution in [0.4, 0.5) is 0 Å². The highest BCUT2D eigenvalue weighted by Gasteiger charge is 2.31. The predicted octanol–water partition coefficient (Wildman–Crippen LogP) is 2.35. The van der Waals surface area contributed by atoms with Gasteiger partial charge in [0.1, 0.15) is 5.75 Å². The number of methoxy groups -OCH3 is 1. The van der Waals surface area contributed by atoms with Gasteiger partial charge in [-0.05, 0) is 68.0 Å². The van der Waals surface area contributed by atoms with Crippen LogP contribution in [0, 0.1) is 5.92 Å². The third-order valence-electron chi connectivity index (χ3n) is 4.72. The highest BCUT2D eigenvalue weighted by Crippen LogP contribution is 2.38. The molecule has 0 aromatic heterocycles. The third kappa shape index (κ3) is 2.49. The van der Waals surface area contributed by atoms with Gasteiger partial charge in [-0.3, -0.25) is 4.90 Å². The number of aryl methyl sites for hydroxylation is 1. The van der Waals surface area contributed by atoms with Gasteiger partial charge in [0.25, 0.3) is 0 Å². The fraction of sp³-hybridized carbons (Fsp3) is 0.625. The van der Waals surface area contributed by atoms with E-state index >= 15 is 0 Å². The van der Waals surface area contributed by atoms with Crippen LogP contribution in [-0.2, 0) is 6.42 Å². The van der Waals surface area contributed by atoms with Gasteiger partial charge in [-0.15, -0.1) is 0 Å². The second kappa shape index (κ2) is 5.51. The van der Waals surface area contributed by atoms with Crippen LogP contribution >= 0.6 is 0 Å². The molecule has 3 rings (SSSR count). The average Bonchev–Trinajstić information content (AvgIpc) is 2.94. The maximum atomic E-state index is 5.81. The number of benzene rings is 1. The number of hydrogen-bond acceptors (Lipinski definition) is 3. The zero-order valence-corrected chi connectivity index (χ0v) is 11.8. The topological polar surface area (TPSA) is 38.5 Å². The van der Waals surface area contributed by atoms with Gasteiger partial charge in [-0.2, -0.15) is 0 Å². The molecule has 19 heavy (non-hydrogen) atoms. The Bertz CT molecular complexity index is 446. The van der Waals surface area contributed by atoms with Crippen molar-refractivity contribution in [3.05, 3.63) is 29.3 Å². The number of nitrogens with zero attached hydrogens (tertiary/aromatic N) is 1. The molecule has 1 saturated heterocycles. The number of ether oxygens (including phenoxy) is 1. The standard InChI is InChI=1S/C16H24N2O/c1-19-14-5-6-15-13(9-14)3-2-4-16(15)18-8-7-12(10-17)11-18/h5-6,9,12,16H,2-4,7-8,10-11,17H2,1H3. The van der Waals surface area contributed by atoms with E-state index in [1.165, 1.54) is 49.9 Å². The molecular weight excluding hydrogens is 236 g/mol. The third-order valence-corrected chi connectivity index (χ3v) is 4.72. The molecule has 2 aliphatic rings. The van der Waals surface area contributed by atoms with Crippen molar-refractivity contribution in [3.63, 3.8) is 0 Å². The number of hydrogen-bond donors (Lipinski definition) is 1. The molecule has 2 N–H and O–H groups in total. The molecule has 2 atom stereocenters. The minimum absolute atomic E-state index is 0.603. The summed E-state index contributed by atoms with van der Waals surface area (Å²) in [4.78, 5) is 2.64. The largest absolute Gasteiger partial charge is 0.497 e. The van der Waals surface area contributed by atoms with Gasteiger partial charge in [-0.25, -0.2) is 0 Å². The fourth-order valence-electron chi connectivity index (χ4n) is 3.61. The summed E-state index contributed by atoms with van der Waals surface area (Å²) in [6, 6.07) is 7.20. The Hall–Kier alpha value is -1.06. The molecule has 0 radical (unpaired) electrons. The Kier molecular flexibility index (Phi) is 3.76. The minimum atomic E-state index is 0.603. The van der Waals surface area contributed by atoms with Gasteiger partial charge in [0.15, 0.2) is 0 Å². The molecule has 0 spiro atoms. The van der Waals surface area contributed by atoms with E-state index in [9.17, 15) is 0 Å². The van der Waals surface area contributed by atoms with Crippen molar-refractivity contribution in [1.82, 2.24) is 4.90 Å². The first-order valence-electron chi connectivity index (χ1n) is 7.42. The lowest BCUT2D eigenvalue weighted by molar-refractivity contribution is 0.214. The smallest absolute Gasteiger partial charge is 0.119 e. The van der Waals surface area contributed by atoms with Crippen molar-refractivity contribution in [1.29, 1.82) is 0 Å². The molecule has 0 amide bonds. The maximum Gasteiger partial charge on any atom is 0.119 e. The summed E-state index contributed by atoms with van der Waals surface area (Å²) in [6.07, 6.45) is 5.03. The molecule has 3 heteroatoms. The van der Waals surface area contributed by atoms with Gasteiger partial charge in [0, 0.05) is 12.6 Å². The highest BCUT2D eigenvalue weighted by molar-refractivity contribution is 5.39. The van der Waals surface area contributed by atoms with Crippen LogP contribution in [0.2, 0.25) is 0 Å². The summed E-state index contributed by atoms with van der Waals surface area (Å²) in [7, 11) is 1.74. The quantitative estimate of drug-likeness (QED) is 0.906. The fourth-order valence-corrected chi connectivity index (χ4v) is 3.61. The first kappa shape index (κ1) is 12.9. The average molecular weight is 260 g/mol. The normalized spacial score (nSPS) is 27.3. The summed E-state index contributed by atoms with van der Waals surface area (Å²) in [5.41, 5.74) is 8.81. The van der Waals surface area contributed by atoms with Crippen LogP contribution in [0.3, 0.4) is 0 Å². The first-order valence-corrected chi connectivity index (χ1v) is 7.42. The molecule has 1 aromatic rings. The van der Waals surface area contributed by atoms with Crippen LogP contribution in [0.5, 0.6) is 5.75 Å². The van der Waals surface area contributed by atoms with Crippen molar-refractivity contribution in [2.75, 3.05) is 26.7 Å². The van der Waals surface area contributed by atoms with Crippen molar-refractivity contribution >= 4 is 0 Å². The maximum absolute atomic E-state index is 5.81. The molecule has 3 nitrogen and oxygen atoms in total. The Morgan fingerprint density at radius 3 is 3.00 bits per heavy atom. The van der Waals surface area contributed by atoms with E-state index in [2.05, 4.69) is 23.1 Å². The highest BCUT2D eigenvalue weighted by atomic mass is 16.5. The van der Waals surface area contributed by atoms with Crippen LogP contribution in [0.25, 0.3) is 0 Å². The zero-order valence-electron chi connectivity index (χ0n) is 11.8. The van der Waals surface area contributed by atoms with E-state index in [1.807, 2.05) is 0 Å². The van der Waals surface area contributed by atoms with Crippen LogP contribution in [0.15, 0.2) is 18.2 Å². The van der Waals surface area contributed by atoms with Crippen molar-refractivity contribution < 1.29 is 4.74 Å². The molecule has 0 bridgehead atoms. The van der Waals surface area contributed by atoms with Crippen molar-refractivity contribution in [2.45, 2.75) is 31.7 Å². The van der Waals surface area contributed by atoms with Gasteiger partial charge in [0.05, 0.1) is 7.11 Å². The molecule has 104 valence electrons. The molecule has 1 fully saturated rings. The lowest BCUT2D eigenvalue weighted by Crippen LogP contribution is -2.30. The molecule has 1 aromatic carbocycles. The monoisotopic (exact) mass is 260 g/mol. The van der Waals surface area contributed by atoms with Gasteiger partial charge >= 0.3 is 0 Å². The number of rotatable bonds is 3. The summed E-state index contributed by atoms with van der Waals surface area (Å²) >= 11 is 0. The lowest BCUT2D eigenvalue weighted by atomic mass is 9.86. The van der Waals surface area contributed by atoms with E-state index < -0.39 is 0 Å². The van der Waals surface area contributed by atoms with Crippen LogP contribution in [0.1, 0.15) is 36.4 Å². The molecule has 1 heterocycles. The van der Waals surface area contributed by atoms with Crippen molar-refractivity contribution in [3.8, 4) is 5.75 Å². The van der Waals surface area contributed by atoms with Gasteiger partial charge in [-0.1, -0.05) is 6.07 Å². The molecular formula is C16H24N2O. The predicted molar refractivity (Wildman–Crippen MR) is 77.4 cm³/mol. The molecule has 2 unspecified atom stereocenters. The Morgan fingerprint density at radius 1 is 1.37 bits per heavy atom. The lowest BCUT2D eigenvalue weighted by Gasteiger charge is -2.33. The summed E-state index contributed by atoms with van der Waals surface area (Å²) < 4.78 is 5.35. The first-order chi connectivity index (χ1) is 9.31. The molecule has 1 aliphatic heterocycles. The van der Waals surface area contributed by atoms with E-state index in [0.29, 0.717) is 12.0 Å². The summed E-state index contributed by atoms with van der Waals surface area (Å²) in [5.74, 6) is 1.68. The minimum Gasteiger partial charge on any atom is -0.497 e. The number of fused-ring (bicyclic) bond motifs is 1. The Balaban J connectivity index is 1.82. The van der Waals surface area contributed by atoms with Gasteiger partial charge < -0.3 is 10.5 Å². The number of nitrogens with two attached hydrogens (primary N) is 1. The number of likely N-dealkylation sites (tertiary alicyclic amines) is 1. The van der Waals surface area contributed by atoms with Crippen LogP contribution in [-0.4, -0.2) is 31.6 Å². The summed E-state index contributed by atoms with van der Waals surface area (Å²) in [6.45, 7) is 3.21. The SMILES string of the molecule is COc1ccc2c(c1)CCCC2N1CCC(CN)C1. The second-order valence-corrected chi connectivity index (χ2v) is 5.86. The van der Waals surface area contributed by atoms with E-state index in [-0.39, 0.29) is 0 Å². The molecule has 1 aliphatic carbocycles. The van der Waals surface area contributed by atoms with Crippen molar-refractivity contribution in [2.24, 2.45) is 11.7 Å². The zero-order chi connectivity index (χ0) is 13.2. The molecule has 0 saturated carbocycles.